The Morgan fingerprint density at radius 1 is 1.35 bits per heavy atom. The largest absolute Gasteiger partial charge is 0.507 e. The van der Waals surface area contributed by atoms with Crippen LogP contribution in [0.25, 0.3) is 15.5 Å². The Morgan fingerprint density at radius 3 is 2.88 bits per heavy atom. The van der Waals surface area contributed by atoms with E-state index in [1.165, 1.54) is 17.4 Å². The molecule has 0 saturated heterocycles. The predicted octanol–water partition coefficient (Wildman–Crippen LogP) is 2.52. The van der Waals surface area contributed by atoms with Gasteiger partial charge in [-0.3, -0.25) is 0 Å². The molecule has 1 N–H and O–H groups in total. The highest BCUT2D eigenvalue weighted by Gasteiger charge is 2.13. The number of hydrogen-bond acceptors (Lipinski definition) is 5. The first-order chi connectivity index (χ1) is 8.15. The minimum Gasteiger partial charge on any atom is -0.507 e. The van der Waals surface area contributed by atoms with Crippen molar-refractivity contribution in [1.29, 1.82) is 0 Å². The second-order valence-corrected chi connectivity index (χ2v) is 4.90. The molecule has 0 saturated carbocycles. The summed E-state index contributed by atoms with van der Waals surface area (Å²) in [6.45, 7) is 1.82. The molecule has 0 spiro atoms. The predicted molar refractivity (Wildman–Crippen MR) is 65.5 cm³/mol. The fraction of sp³-hybridized carbons (Fsp3) is 0.100. The van der Waals surface area contributed by atoms with E-state index >= 15 is 0 Å². The average molecular weight is 267 g/mol. The fourth-order valence-corrected chi connectivity index (χ4v) is 2.59. The highest BCUT2D eigenvalue weighted by atomic mass is 35.5. The Kier molecular flexibility index (Phi) is 2.27. The Bertz CT molecular complexity index is 705. The quantitative estimate of drug-likeness (QED) is 0.735. The summed E-state index contributed by atoms with van der Waals surface area (Å²) < 4.78 is 1.65. The maximum Gasteiger partial charge on any atom is 0.234 e. The number of aromatic nitrogens is 4. The van der Waals surface area contributed by atoms with Gasteiger partial charge >= 0.3 is 0 Å². The maximum atomic E-state index is 9.81. The van der Waals surface area contributed by atoms with Crippen LogP contribution in [0.5, 0.6) is 5.75 Å². The van der Waals surface area contributed by atoms with Crippen LogP contribution in [-0.4, -0.2) is 24.9 Å². The van der Waals surface area contributed by atoms with Crippen molar-refractivity contribution in [3.8, 4) is 16.3 Å². The molecule has 5 nitrogen and oxygen atoms in total. The zero-order valence-electron chi connectivity index (χ0n) is 8.75. The molecule has 0 aliphatic carbocycles. The molecule has 2 aromatic heterocycles. The average Bonchev–Trinajstić information content (AvgIpc) is 2.81. The summed E-state index contributed by atoms with van der Waals surface area (Å²) in [5.74, 6) is 0.830. The summed E-state index contributed by atoms with van der Waals surface area (Å²) in [6, 6.07) is 4.94. The van der Waals surface area contributed by atoms with E-state index in [4.69, 9.17) is 11.6 Å². The highest BCUT2D eigenvalue weighted by Crippen LogP contribution is 2.33. The molecule has 0 aliphatic rings. The number of rotatable bonds is 1. The van der Waals surface area contributed by atoms with E-state index in [1.807, 2.05) is 6.92 Å². The third-order valence-corrected chi connectivity index (χ3v) is 3.50. The maximum absolute atomic E-state index is 9.81. The van der Waals surface area contributed by atoms with Gasteiger partial charge in [0.2, 0.25) is 4.96 Å². The summed E-state index contributed by atoms with van der Waals surface area (Å²) in [5, 5.41) is 23.2. The van der Waals surface area contributed by atoms with Gasteiger partial charge in [-0.2, -0.15) is 9.61 Å². The summed E-state index contributed by atoms with van der Waals surface area (Å²) in [6.07, 6.45) is 0. The molecule has 0 unspecified atom stereocenters. The SMILES string of the molecule is Cc1nnc2sc(-c3ccc(Cl)cc3O)nn12. The third kappa shape index (κ3) is 1.65. The zero-order chi connectivity index (χ0) is 12.0. The van der Waals surface area contributed by atoms with Crippen LogP contribution in [0.2, 0.25) is 5.02 Å². The molecule has 86 valence electrons. The monoisotopic (exact) mass is 266 g/mol. The Labute approximate surface area is 105 Å². The van der Waals surface area contributed by atoms with E-state index < -0.39 is 0 Å². The fourth-order valence-electron chi connectivity index (χ4n) is 1.51. The van der Waals surface area contributed by atoms with Crippen LogP contribution in [0.1, 0.15) is 5.82 Å². The highest BCUT2D eigenvalue weighted by molar-refractivity contribution is 7.19. The van der Waals surface area contributed by atoms with E-state index in [9.17, 15) is 5.11 Å². The van der Waals surface area contributed by atoms with Gasteiger partial charge in [-0.15, -0.1) is 10.2 Å². The number of aryl methyl sites for hydroxylation is 1. The van der Waals surface area contributed by atoms with Gasteiger partial charge in [0, 0.05) is 5.02 Å². The summed E-state index contributed by atoms with van der Waals surface area (Å²) in [5.41, 5.74) is 0.643. The smallest absolute Gasteiger partial charge is 0.234 e. The molecule has 17 heavy (non-hydrogen) atoms. The van der Waals surface area contributed by atoms with E-state index in [0.717, 1.165) is 5.82 Å². The van der Waals surface area contributed by atoms with E-state index in [0.29, 0.717) is 20.6 Å². The van der Waals surface area contributed by atoms with E-state index in [2.05, 4.69) is 15.3 Å². The van der Waals surface area contributed by atoms with Gasteiger partial charge in [0.25, 0.3) is 0 Å². The van der Waals surface area contributed by atoms with Crippen molar-refractivity contribution in [3.05, 3.63) is 29.0 Å². The lowest BCUT2D eigenvalue weighted by Crippen LogP contribution is -1.88. The summed E-state index contributed by atoms with van der Waals surface area (Å²) >= 11 is 7.15. The number of halogens is 1. The van der Waals surface area contributed by atoms with Crippen LogP contribution in [0, 0.1) is 6.92 Å². The van der Waals surface area contributed by atoms with Gasteiger partial charge in [-0.05, 0) is 25.1 Å². The minimum absolute atomic E-state index is 0.111. The molecule has 3 aromatic rings. The standard InChI is InChI=1S/C10H7ClN4OS/c1-5-12-13-10-15(5)14-9(17-10)7-3-2-6(11)4-8(7)16/h2-4,16H,1H3. The van der Waals surface area contributed by atoms with Gasteiger partial charge in [0.1, 0.15) is 5.75 Å². The van der Waals surface area contributed by atoms with E-state index in [1.54, 1.807) is 16.6 Å². The molecule has 0 aliphatic heterocycles. The van der Waals surface area contributed by atoms with Gasteiger partial charge in [-0.25, -0.2) is 0 Å². The summed E-state index contributed by atoms with van der Waals surface area (Å²) in [4.78, 5) is 0.701. The van der Waals surface area contributed by atoms with Crippen molar-refractivity contribution >= 4 is 27.9 Å². The Hall–Kier alpha value is -1.66. The molecule has 0 amide bonds. The van der Waals surface area contributed by atoms with Gasteiger partial charge in [0.05, 0.1) is 5.56 Å². The van der Waals surface area contributed by atoms with Gasteiger partial charge in [0.15, 0.2) is 10.8 Å². The Balaban J connectivity index is 2.20. The van der Waals surface area contributed by atoms with Crippen molar-refractivity contribution in [3.63, 3.8) is 0 Å². The molecule has 2 heterocycles. The molecule has 0 radical (unpaired) electrons. The number of nitrogens with zero attached hydrogens (tertiary/aromatic N) is 4. The van der Waals surface area contributed by atoms with E-state index in [-0.39, 0.29) is 5.75 Å². The van der Waals surface area contributed by atoms with Crippen molar-refractivity contribution in [2.75, 3.05) is 0 Å². The first kappa shape index (κ1) is 10.5. The normalized spacial score (nSPS) is 11.2. The van der Waals surface area contributed by atoms with Crippen LogP contribution in [0.3, 0.4) is 0 Å². The van der Waals surface area contributed by atoms with Crippen LogP contribution < -0.4 is 0 Å². The number of phenols is 1. The number of benzene rings is 1. The summed E-state index contributed by atoms with van der Waals surface area (Å²) in [7, 11) is 0. The second-order valence-electron chi connectivity index (χ2n) is 3.51. The third-order valence-electron chi connectivity index (χ3n) is 2.34. The zero-order valence-corrected chi connectivity index (χ0v) is 10.3. The van der Waals surface area contributed by atoms with Crippen LogP contribution >= 0.6 is 22.9 Å². The van der Waals surface area contributed by atoms with Gasteiger partial charge in [-0.1, -0.05) is 22.9 Å². The van der Waals surface area contributed by atoms with Crippen LogP contribution in [-0.2, 0) is 0 Å². The molecule has 3 rings (SSSR count). The first-order valence-electron chi connectivity index (χ1n) is 4.83. The van der Waals surface area contributed by atoms with Crippen molar-refractivity contribution in [1.82, 2.24) is 19.8 Å². The van der Waals surface area contributed by atoms with Crippen molar-refractivity contribution < 1.29 is 5.11 Å². The molecule has 7 heteroatoms. The first-order valence-corrected chi connectivity index (χ1v) is 6.02. The molecule has 0 atom stereocenters. The minimum atomic E-state index is 0.111. The lowest BCUT2D eigenvalue weighted by Gasteiger charge is -1.99. The number of fused-ring (bicyclic) bond motifs is 1. The topological polar surface area (TPSA) is 63.3 Å². The lowest BCUT2D eigenvalue weighted by molar-refractivity contribution is 0.477. The number of aromatic hydroxyl groups is 1. The Morgan fingerprint density at radius 2 is 2.18 bits per heavy atom. The van der Waals surface area contributed by atoms with Crippen LogP contribution in [0.15, 0.2) is 18.2 Å². The second kappa shape index (κ2) is 3.68. The van der Waals surface area contributed by atoms with Crippen molar-refractivity contribution in [2.45, 2.75) is 6.92 Å². The molecule has 0 fully saturated rings. The number of hydrogen-bond donors (Lipinski definition) is 1. The lowest BCUT2D eigenvalue weighted by atomic mass is 10.2. The van der Waals surface area contributed by atoms with Crippen LogP contribution in [0.4, 0.5) is 0 Å². The molecule has 1 aromatic carbocycles. The molecule has 0 bridgehead atoms. The number of phenolic OH excluding ortho intramolecular Hbond substituents is 1. The molecular weight excluding hydrogens is 260 g/mol. The van der Waals surface area contributed by atoms with Crippen molar-refractivity contribution in [2.24, 2.45) is 0 Å². The van der Waals surface area contributed by atoms with Gasteiger partial charge < -0.3 is 5.11 Å². The molecular formula is C10H7ClN4OS.